The summed E-state index contributed by atoms with van der Waals surface area (Å²) in [6.45, 7) is 6.59. The molecule has 130 valence electrons. The molecule has 2 heteroatoms. The first-order chi connectivity index (χ1) is 12.0. The fourth-order valence-electron chi connectivity index (χ4n) is 3.74. The summed E-state index contributed by atoms with van der Waals surface area (Å²) in [5.74, 6) is 0.704. The fraction of sp³-hybridized carbons (Fsp3) is 0.304. The van der Waals surface area contributed by atoms with Gasteiger partial charge < -0.3 is 11.5 Å². The Kier molecular flexibility index (Phi) is 4.98. The molecule has 2 aliphatic rings. The normalized spacial score (nSPS) is 21.2. The molecule has 1 aromatic carbocycles. The lowest BCUT2D eigenvalue weighted by Crippen LogP contribution is -2.17. The van der Waals surface area contributed by atoms with E-state index in [0.29, 0.717) is 11.8 Å². The zero-order valence-corrected chi connectivity index (χ0v) is 15.4. The Morgan fingerprint density at radius 3 is 2.44 bits per heavy atom. The molecule has 0 radical (unpaired) electrons. The summed E-state index contributed by atoms with van der Waals surface area (Å²) in [4.78, 5) is 0. The van der Waals surface area contributed by atoms with E-state index < -0.39 is 0 Å². The predicted octanol–water partition coefficient (Wildman–Crippen LogP) is 4.84. The third-order valence-electron chi connectivity index (χ3n) is 5.32. The molecule has 0 aromatic heterocycles. The van der Waals surface area contributed by atoms with Gasteiger partial charge in [0, 0.05) is 23.7 Å². The third kappa shape index (κ3) is 3.79. The van der Waals surface area contributed by atoms with Crippen molar-refractivity contribution >= 4 is 0 Å². The van der Waals surface area contributed by atoms with Crippen molar-refractivity contribution in [3.63, 3.8) is 0 Å². The Hall–Kier alpha value is -2.48. The maximum absolute atomic E-state index is 6.03. The van der Waals surface area contributed by atoms with E-state index in [2.05, 4.69) is 69.4 Å². The molecule has 0 aliphatic heterocycles. The van der Waals surface area contributed by atoms with E-state index in [0.717, 1.165) is 24.2 Å². The van der Waals surface area contributed by atoms with E-state index in [-0.39, 0.29) is 0 Å². The van der Waals surface area contributed by atoms with Crippen LogP contribution < -0.4 is 11.5 Å². The SMILES string of the molecule is Cc1cc(C)c([C@@H](C2=CC=C(N)CC=C2)C2C=CC(N)=CC2)cc1C. The van der Waals surface area contributed by atoms with Crippen LogP contribution in [-0.4, -0.2) is 0 Å². The monoisotopic (exact) mass is 332 g/mol. The Bertz CT molecular complexity index is 819. The van der Waals surface area contributed by atoms with Crippen LogP contribution >= 0.6 is 0 Å². The Balaban J connectivity index is 2.10. The second-order valence-corrected chi connectivity index (χ2v) is 7.25. The summed E-state index contributed by atoms with van der Waals surface area (Å²) in [6.07, 6.45) is 16.9. The smallest absolute Gasteiger partial charge is 0.0270 e. The highest BCUT2D eigenvalue weighted by Gasteiger charge is 2.26. The molecule has 3 rings (SSSR count). The summed E-state index contributed by atoms with van der Waals surface area (Å²) in [7, 11) is 0. The average Bonchev–Trinajstić information content (AvgIpc) is 2.79. The summed E-state index contributed by atoms with van der Waals surface area (Å²) in [6, 6.07) is 4.66. The molecule has 2 atom stereocenters. The minimum Gasteiger partial charge on any atom is -0.402 e. The molecule has 0 bridgehead atoms. The van der Waals surface area contributed by atoms with Crippen LogP contribution in [0.3, 0.4) is 0 Å². The van der Waals surface area contributed by atoms with Gasteiger partial charge in [0.25, 0.3) is 0 Å². The van der Waals surface area contributed by atoms with Crippen LogP contribution in [0.1, 0.15) is 41.0 Å². The highest BCUT2D eigenvalue weighted by molar-refractivity contribution is 5.47. The van der Waals surface area contributed by atoms with E-state index >= 15 is 0 Å². The minimum absolute atomic E-state index is 0.304. The molecule has 0 spiro atoms. The van der Waals surface area contributed by atoms with Gasteiger partial charge in [-0.15, -0.1) is 0 Å². The van der Waals surface area contributed by atoms with Crippen molar-refractivity contribution in [2.75, 3.05) is 0 Å². The molecule has 25 heavy (non-hydrogen) atoms. The van der Waals surface area contributed by atoms with Gasteiger partial charge in [-0.05, 0) is 73.1 Å². The van der Waals surface area contributed by atoms with Crippen molar-refractivity contribution in [2.45, 2.75) is 39.5 Å². The molecule has 0 amide bonds. The van der Waals surface area contributed by atoms with Crippen LogP contribution in [0.2, 0.25) is 0 Å². The summed E-state index contributed by atoms with van der Waals surface area (Å²) in [5, 5.41) is 0. The molecule has 0 fully saturated rings. The number of rotatable bonds is 3. The lowest BCUT2D eigenvalue weighted by atomic mass is 9.75. The Labute approximate surface area is 151 Å². The maximum atomic E-state index is 6.03. The van der Waals surface area contributed by atoms with Gasteiger partial charge in [-0.1, -0.05) is 42.5 Å². The lowest BCUT2D eigenvalue weighted by Gasteiger charge is -2.29. The van der Waals surface area contributed by atoms with Crippen LogP contribution in [0.5, 0.6) is 0 Å². The van der Waals surface area contributed by atoms with Gasteiger partial charge in [-0.3, -0.25) is 0 Å². The predicted molar refractivity (Wildman–Crippen MR) is 107 cm³/mol. The van der Waals surface area contributed by atoms with E-state index in [4.69, 9.17) is 11.5 Å². The van der Waals surface area contributed by atoms with Gasteiger partial charge in [0.1, 0.15) is 0 Å². The van der Waals surface area contributed by atoms with Gasteiger partial charge >= 0.3 is 0 Å². The van der Waals surface area contributed by atoms with E-state index in [1.54, 1.807) is 0 Å². The number of nitrogens with two attached hydrogens (primary N) is 2. The molecule has 2 nitrogen and oxygen atoms in total. The first-order valence-corrected chi connectivity index (χ1v) is 9.00. The van der Waals surface area contributed by atoms with Crippen molar-refractivity contribution in [3.8, 4) is 0 Å². The summed E-state index contributed by atoms with van der Waals surface area (Å²) >= 11 is 0. The third-order valence-corrected chi connectivity index (χ3v) is 5.32. The molecule has 0 saturated heterocycles. The van der Waals surface area contributed by atoms with Gasteiger partial charge in [0.05, 0.1) is 0 Å². The number of allylic oxidation sites excluding steroid dienone is 8. The first-order valence-electron chi connectivity index (χ1n) is 9.00. The van der Waals surface area contributed by atoms with Crippen molar-refractivity contribution in [1.29, 1.82) is 0 Å². The van der Waals surface area contributed by atoms with Crippen molar-refractivity contribution in [2.24, 2.45) is 17.4 Å². The van der Waals surface area contributed by atoms with Crippen LogP contribution in [0.15, 0.2) is 71.6 Å². The molecular weight excluding hydrogens is 304 g/mol. The zero-order chi connectivity index (χ0) is 18.0. The average molecular weight is 332 g/mol. The molecular formula is C23H28N2. The topological polar surface area (TPSA) is 52.0 Å². The van der Waals surface area contributed by atoms with Crippen LogP contribution in [0.4, 0.5) is 0 Å². The maximum Gasteiger partial charge on any atom is 0.0270 e. The van der Waals surface area contributed by atoms with Crippen molar-refractivity contribution in [1.82, 2.24) is 0 Å². The van der Waals surface area contributed by atoms with Crippen LogP contribution in [-0.2, 0) is 0 Å². The van der Waals surface area contributed by atoms with Crippen molar-refractivity contribution in [3.05, 3.63) is 93.9 Å². The number of hydrogen-bond donors (Lipinski definition) is 2. The van der Waals surface area contributed by atoms with E-state index in [1.807, 2.05) is 6.08 Å². The lowest BCUT2D eigenvalue weighted by molar-refractivity contribution is 0.566. The van der Waals surface area contributed by atoms with Gasteiger partial charge in [-0.2, -0.15) is 0 Å². The molecule has 2 aliphatic carbocycles. The van der Waals surface area contributed by atoms with Crippen molar-refractivity contribution < 1.29 is 0 Å². The highest BCUT2D eigenvalue weighted by atomic mass is 14.6. The molecule has 1 unspecified atom stereocenters. The highest BCUT2D eigenvalue weighted by Crippen LogP contribution is 2.40. The molecule has 1 aromatic rings. The number of benzene rings is 1. The van der Waals surface area contributed by atoms with E-state index in [9.17, 15) is 0 Å². The fourth-order valence-corrected chi connectivity index (χ4v) is 3.74. The number of hydrogen-bond acceptors (Lipinski definition) is 2. The summed E-state index contributed by atoms with van der Waals surface area (Å²) in [5.41, 5.74) is 20.5. The van der Waals surface area contributed by atoms with Crippen LogP contribution in [0, 0.1) is 26.7 Å². The molecule has 4 N–H and O–H groups in total. The Morgan fingerprint density at radius 2 is 1.72 bits per heavy atom. The van der Waals surface area contributed by atoms with Gasteiger partial charge in [0.15, 0.2) is 0 Å². The zero-order valence-electron chi connectivity index (χ0n) is 15.4. The van der Waals surface area contributed by atoms with Gasteiger partial charge in [0.2, 0.25) is 0 Å². The minimum atomic E-state index is 0.304. The standard InChI is InChI=1S/C23H28N2/c1-15-13-17(3)22(14-16(15)2)23(19-8-11-21(25)12-9-19)18-5-4-6-20(24)10-7-18/h4-5,7-8,10-14,19,23H,6,9,24-25H2,1-3H3/t19?,23-/m0/s1. The largest absolute Gasteiger partial charge is 0.402 e. The molecule has 0 saturated carbocycles. The summed E-state index contributed by atoms with van der Waals surface area (Å²) < 4.78 is 0. The second-order valence-electron chi connectivity index (χ2n) is 7.25. The molecule has 0 heterocycles. The van der Waals surface area contributed by atoms with E-state index in [1.165, 1.54) is 27.8 Å². The number of aryl methyl sites for hydroxylation is 3. The Morgan fingerprint density at radius 1 is 0.960 bits per heavy atom. The van der Waals surface area contributed by atoms with Gasteiger partial charge in [-0.25, -0.2) is 0 Å². The van der Waals surface area contributed by atoms with Crippen LogP contribution in [0.25, 0.3) is 0 Å². The second kappa shape index (κ2) is 7.18. The first kappa shape index (κ1) is 17.3. The quantitative estimate of drug-likeness (QED) is 0.832.